The van der Waals surface area contributed by atoms with Gasteiger partial charge in [0.05, 0.1) is 35.6 Å². The molecule has 3 rings (SSSR count). The first-order valence-corrected chi connectivity index (χ1v) is 9.82. The molecule has 0 saturated carbocycles. The molecule has 1 atom stereocenters. The van der Waals surface area contributed by atoms with E-state index in [0.29, 0.717) is 41.8 Å². The molecular formula is C21H28ClN3O4. The Labute approximate surface area is 176 Å². The predicted octanol–water partition coefficient (Wildman–Crippen LogP) is 2.13. The van der Waals surface area contributed by atoms with Crippen molar-refractivity contribution in [3.63, 3.8) is 0 Å². The molecule has 0 aliphatic carbocycles. The minimum atomic E-state index is -0.255. The van der Waals surface area contributed by atoms with Crippen molar-refractivity contribution in [1.29, 1.82) is 0 Å². The molecule has 7 nitrogen and oxygen atoms in total. The van der Waals surface area contributed by atoms with Gasteiger partial charge < -0.3 is 26.0 Å². The number of nitrogens with two attached hydrogens (primary N) is 1. The highest BCUT2D eigenvalue weighted by Crippen LogP contribution is 2.29. The summed E-state index contributed by atoms with van der Waals surface area (Å²) in [7, 11) is 0. The normalized spacial score (nSPS) is 16.7. The maximum atomic E-state index is 12.7. The summed E-state index contributed by atoms with van der Waals surface area (Å²) in [6.07, 6.45) is -0.0683. The van der Waals surface area contributed by atoms with E-state index in [9.17, 15) is 4.79 Å². The summed E-state index contributed by atoms with van der Waals surface area (Å²) in [5.41, 5.74) is 7.85. The number of hydrogen-bond donors (Lipinski definition) is 2. The smallest absolute Gasteiger partial charge is 0.255 e. The predicted molar refractivity (Wildman–Crippen MR) is 114 cm³/mol. The molecule has 0 aromatic heterocycles. The molecular weight excluding hydrogens is 394 g/mol. The fourth-order valence-corrected chi connectivity index (χ4v) is 3.38. The van der Waals surface area contributed by atoms with Gasteiger partial charge in [0, 0.05) is 32.2 Å². The highest BCUT2D eigenvalue weighted by atomic mass is 35.5. The number of amides is 1. The molecule has 2 aromatic rings. The van der Waals surface area contributed by atoms with Gasteiger partial charge in [0.1, 0.15) is 5.75 Å². The van der Waals surface area contributed by atoms with E-state index < -0.39 is 0 Å². The number of carbonyl (C=O) groups excluding carboxylic acids is 1. The van der Waals surface area contributed by atoms with Crippen molar-refractivity contribution >= 4 is 23.2 Å². The fourth-order valence-electron chi connectivity index (χ4n) is 3.21. The lowest BCUT2D eigenvalue weighted by atomic mass is 10.1. The highest BCUT2D eigenvalue weighted by molar-refractivity contribution is 6.33. The molecule has 8 heteroatoms. The first kappa shape index (κ1) is 23.0. The Hall–Kier alpha value is -2.32. The zero-order valence-corrected chi connectivity index (χ0v) is 17.2. The number of benzene rings is 2. The third kappa shape index (κ3) is 6.33. The first-order chi connectivity index (χ1) is 13.6. The zero-order chi connectivity index (χ0) is 19.9. The van der Waals surface area contributed by atoms with Crippen LogP contribution in [0.3, 0.4) is 0 Å². The Morgan fingerprint density at radius 1 is 1.34 bits per heavy atom. The van der Waals surface area contributed by atoms with Crippen LogP contribution in [0, 0.1) is 0 Å². The monoisotopic (exact) mass is 421 g/mol. The van der Waals surface area contributed by atoms with Gasteiger partial charge in [-0.2, -0.15) is 0 Å². The third-order valence-corrected chi connectivity index (χ3v) is 4.93. The van der Waals surface area contributed by atoms with Crippen molar-refractivity contribution in [3.8, 4) is 5.75 Å². The molecule has 1 saturated heterocycles. The van der Waals surface area contributed by atoms with E-state index in [-0.39, 0.29) is 17.5 Å². The quantitative estimate of drug-likeness (QED) is 0.665. The molecule has 158 valence electrons. The van der Waals surface area contributed by atoms with Crippen LogP contribution in [0.5, 0.6) is 5.75 Å². The number of ether oxygens (including phenoxy) is 2. The maximum absolute atomic E-state index is 12.7. The van der Waals surface area contributed by atoms with Crippen molar-refractivity contribution in [2.24, 2.45) is 0 Å². The van der Waals surface area contributed by atoms with Crippen LogP contribution in [-0.4, -0.2) is 55.2 Å². The lowest BCUT2D eigenvalue weighted by Crippen LogP contribution is -2.47. The average molecular weight is 422 g/mol. The van der Waals surface area contributed by atoms with Gasteiger partial charge in [-0.3, -0.25) is 9.69 Å². The zero-order valence-electron chi connectivity index (χ0n) is 16.5. The highest BCUT2D eigenvalue weighted by Gasteiger charge is 2.22. The van der Waals surface area contributed by atoms with E-state index >= 15 is 0 Å². The van der Waals surface area contributed by atoms with Crippen molar-refractivity contribution in [2.75, 3.05) is 38.6 Å². The Balaban J connectivity index is 0.00000300. The second-order valence-corrected chi connectivity index (χ2v) is 7.13. The van der Waals surface area contributed by atoms with Crippen molar-refractivity contribution in [1.82, 2.24) is 10.2 Å². The van der Waals surface area contributed by atoms with Gasteiger partial charge in [-0.15, -0.1) is 0 Å². The Morgan fingerprint density at radius 3 is 2.83 bits per heavy atom. The summed E-state index contributed by atoms with van der Waals surface area (Å²) in [6.45, 7) is 5.85. The maximum Gasteiger partial charge on any atom is 0.255 e. The SMILES string of the molecule is CCOc1cc(N)c(Cl)cc1C(=O)NCC1CN(Cc2ccccc2)CCO1.O. The average Bonchev–Trinajstić information content (AvgIpc) is 2.70. The largest absolute Gasteiger partial charge is 0.493 e. The lowest BCUT2D eigenvalue weighted by Gasteiger charge is -2.33. The van der Waals surface area contributed by atoms with E-state index in [1.807, 2.05) is 25.1 Å². The van der Waals surface area contributed by atoms with Crippen LogP contribution in [0.1, 0.15) is 22.8 Å². The number of carbonyl (C=O) groups is 1. The standard InChI is InChI=1S/C21H26ClN3O3.H2O/c1-2-27-20-11-19(23)18(22)10-17(20)21(26)24-12-16-14-25(8-9-28-16)13-15-6-4-3-5-7-15;/h3-7,10-11,16H,2,8-9,12-14,23H2,1H3,(H,24,26);1H2. The number of halogens is 1. The summed E-state index contributed by atoms with van der Waals surface area (Å²) in [4.78, 5) is 15.0. The summed E-state index contributed by atoms with van der Waals surface area (Å²) in [5.74, 6) is 0.172. The number of nitrogens with zero attached hydrogens (tertiary/aromatic N) is 1. The topological polar surface area (TPSA) is 108 Å². The number of anilines is 1. The van der Waals surface area contributed by atoms with Gasteiger partial charge in [0.2, 0.25) is 0 Å². The lowest BCUT2D eigenvalue weighted by molar-refractivity contribution is -0.0292. The summed E-state index contributed by atoms with van der Waals surface area (Å²) >= 11 is 6.08. The van der Waals surface area contributed by atoms with Gasteiger partial charge in [-0.05, 0) is 18.6 Å². The van der Waals surface area contributed by atoms with Gasteiger partial charge in [0.25, 0.3) is 5.91 Å². The van der Waals surface area contributed by atoms with Gasteiger partial charge in [-0.25, -0.2) is 0 Å². The molecule has 1 unspecified atom stereocenters. The van der Waals surface area contributed by atoms with Crippen LogP contribution >= 0.6 is 11.6 Å². The van der Waals surface area contributed by atoms with Gasteiger partial charge in [0.15, 0.2) is 0 Å². The van der Waals surface area contributed by atoms with Gasteiger partial charge >= 0.3 is 0 Å². The van der Waals surface area contributed by atoms with Crippen molar-refractivity contribution in [3.05, 3.63) is 58.6 Å². The van der Waals surface area contributed by atoms with E-state index in [1.54, 1.807) is 12.1 Å². The molecule has 29 heavy (non-hydrogen) atoms. The molecule has 1 fully saturated rings. The second-order valence-electron chi connectivity index (χ2n) is 6.73. The molecule has 1 aliphatic rings. The third-order valence-electron chi connectivity index (χ3n) is 4.61. The van der Waals surface area contributed by atoms with Crippen LogP contribution in [0.4, 0.5) is 5.69 Å². The number of nitrogen functional groups attached to an aromatic ring is 1. The molecule has 0 spiro atoms. The van der Waals surface area contributed by atoms with E-state index in [2.05, 4.69) is 22.3 Å². The Kier molecular flexibility index (Phi) is 8.72. The van der Waals surface area contributed by atoms with Crippen molar-refractivity contribution < 1.29 is 19.7 Å². The molecule has 2 aromatic carbocycles. The molecule has 0 radical (unpaired) electrons. The Morgan fingerprint density at radius 2 is 2.10 bits per heavy atom. The van der Waals surface area contributed by atoms with Crippen molar-refractivity contribution in [2.45, 2.75) is 19.6 Å². The van der Waals surface area contributed by atoms with Gasteiger partial charge in [-0.1, -0.05) is 41.9 Å². The van der Waals surface area contributed by atoms with Crippen LogP contribution in [0.25, 0.3) is 0 Å². The number of hydrogen-bond acceptors (Lipinski definition) is 5. The van der Waals surface area contributed by atoms with E-state index in [4.69, 9.17) is 26.8 Å². The van der Waals surface area contributed by atoms with E-state index in [0.717, 1.165) is 19.6 Å². The fraction of sp³-hybridized carbons (Fsp3) is 0.381. The number of rotatable bonds is 7. The molecule has 5 N–H and O–H groups in total. The summed E-state index contributed by atoms with van der Waals surface area (Å²) < 4.78 is 11.3. The first-order valence-electron chi connectivity index (χ1n) is 9.44. The van der Waals surface area contributed by atoms with Crippen LogP contribution in [0.2, 0.25) is 5.02 Å². The number of morpholine rings is 1. The summed E-state index contributed by atoms with van der Waals surface area (Å²) in [6, 6.07) is 13.5. The molecule has 1 heterocycles. The molecule has 1 aliphatic heterocycles. The Bertz CT molecular complexity index is 804. The number of nitrogens with one attached hydrogen (secondary N) is 1. The summed E-state index contributed by atoms with van der Waals surface area (Å²) in [5, 5.41) is 3.26. The minimum absolute atomic E-state index is 0. The van der Waals surface area contributed by atoms with Crippen LogP contribution in [-0.2, 0) is 11.3 Å². The minimum Gasteiger partial charge on any atom is -0.493 e. The van der Waals surface area contributed by atoms with E-state index in [1.165, 1.54) is 5.56 Å². The molecule has 1 amide bonds. The van der Waals surface area contributed by atoms with Crippen LogP contribution in [0.15, 0.2) is 42.5 Å². The molecule has 0 bridgehead atoms. The second kappa shape index (κ2) is 11.0. The van der Waals surface area contributed by atoms with Crippen LogP contribution < -0.4 is 15.8 Å².